The molecule has 4 heteroatoms. The van der Waals surface area contributed by atoms with Crippen molar-refractivity contribution in [2.24, 2.45) is 5.92 Å². The molecule has 0 fully saturated rings. The molecule has 0 aliphatic rings. The Morgan fingerprint density at radius 2 is 2.05 bits per heavy atom. The maximum Gasteiger partial charge on any atom is 0.330 e. The fraction of sp³-hybridized carbons (Fsp3) is 0.400. The molecule has 0 saturated carbocycles. The molecular formula is C15H20O4. The first-order valence-electron chi connectivity index (χ1n) is 6.25. The minimum absolute atomic E-state index is 0.181. The molecule has 1 aromatic carbocycles. The molecule has 0 aliphatic heterocycles. The second-order valence-electron chi connectivity index (χ2n) is 4.35. The molecule has 1 atom stereocenters. The van der Waals surface area contributed by atoms with Gasteiger partial charge in [0.1, 0.15) is 5.75 Å². The van der Waals surface area contributed by atoms with Crippen molar-refractivity contribution in [1.82, 2.24) is 0 Å². The van der Waals surface area contributed by atoms with Crippen LogP contribution in [0, 0.1) is 5.92 Å². The zero-order valence-corrected chi connectivity index (χ0v) is 11.3. The van der Waals surface area contributed by atoms with Crippen molar-refractivity contribution >= 4 is 12.0 Å². The average molecular weight is 264 g/mol. The first-order valence-corrected chi connectivity index (χ1v) is 6.25. The number of aliphatic hydroxyl groups is 1. The summed E-state index contributed by atoms with van der Waals surface area (Å²) in [6.07, 6.45) is 3.88. The Labute approximate surface area is 113 Å². The SMILES string of the molecule is COC(=O)/C=C/c1ccc(OCCC(C)CO)cc1. The predicted octanol–water partition coefficient (Wildman–Crippen LogP) is 2.27. The zero-order valence-electron chi connectivity index (χ0n) is 11.3. The molecule has 0 aliphatic carbocycles. The summed E-state index contributed by atoms with van der Waals surface area (Å²) in [7, 11) is 1.34. The van der Waals surface area contributed by atoms with Gasteiger partial charge in [-0.3, -0.25) is 0 Å². The van der Waals surface area contributed by atoms with Gasteiger partial charge < -0.3 is 14.6 Å². The number of rotatable bonds is 7. The Kier molecular flexibility index (Phi) is 6.68. The molecule has 4 nitrogen and oxygen atoms in total. The van der Waals surface area contributed by atoms with E-state index in [0.717, 1.165) is 17.7 Å². The highest BCUT2D eigenvalue weighted by atomic mass is 16.5. The molecule has 104 valence electrons. The number of methoxy groups -OCH3 is 1. The fourth-order valence-electron chi connectivity index (χ4n) is 1.38. The van der Waals surface area contributed by atoms with Crippen molar-refractivity contribution in [2.45, 2.75) is 13.3 Å². The van der Waals surface area contributed by atoms with Crippen LogP contribution in [0.5, 0.6) is 5.75 Å². The van der Waals surface area contributed by atoms with E-state index in [4.69, 9.17) is 9.84 Å². The van der Waals surface area contributed by atoms with Crippen LogP contribution in [-0.2, 0) is 9.53 Å². The van der Waals surface area contributed by atoms with Crippen LogP contribution in [0.3, 0.4) is 0 Å². The van der Waals surface area contributed by atoms with E-state index in [-0.39, 0.29) is 18.5 Å². The van der Waals surface area contributed by atoms with Gasteiger partial charge in [-0.05, 0) is 36.1 Å². The van der Waals surface area contributed by atoms with Gasteiger partial charge in [-0.1, -0.05) is 19.1 Å². The average Bonchev–Trinajstić information content (AvgIpc) is 2.45. The number of hydrogen-bond donors (Lipinski definition) is 1. The number of ether oxygens (including phenoxy) is 2. The van der Waals surface area contributed by atoms with E-state index >= 15 is 0 Å². The van der Waals surface area contributed by atoms with E-state index in [0.29, 0.717) is 6.61 Å². The van der Waals surface area contributed by atoms with Crippen molar-refractivity contribution in [1.29, 1.82) is 0 Å². The van der Waals surface area contributed by atoms with E-state index in [9.17, 15) is 4.79 Å². The Morgan fingerprint density at radius 1 is 1.37 bits per heavy atom. The summed E-state index contributed by atoms with van der Waals surface area (Å²) in [5.74, 6) is 0.654. The predicted molar refractivity (Wildman–Crippen MR) is 73.9 cm³/mol. The van der Waals surface area contributed by atoms with Crippen LogP contribution in [0.4, 0.5) is 0 Å². The van der Waals surface area contributed by atoms with Gasteiger partial charge in [0, 0.05) is 12.7 Å². The molecule has 0 saturated heterocycles. The van der Waals surface area contributed by atoms with Crippen molar-refractivity contribution < 1.29 is 19.4 Å². The minimum Gasteiger partial charge on any atom is -0.494 e. The largest absolute Gasteiger partial charge is 0.494 e. The maximum atomic E-state index is 10.9. The third-order valence-corrected chi connectivity index (χ3v) is 2.68. The van der Waals surface area contributed by atoms with Crippen LogP contribution < -0.4 is 4.74 Å². The quantitative estimate of drug-likeness (QED) is 0.606. The second kappa shape index (κ2) is 8.32. The van der Waals surface area contributed by atoms with Gasteiger partial charge in [0.15, 0.2) is 0 Å². The van der Waals surface area contributed by atoms with Gasteiger partial charge in [-0.25, -0.2) is 4.79 Å². The standard InChI is InChI=1S/C15H20O4/c1-12(11-16)9-10-19-14-6-3-13(4-7-14)5-8-15(17)18-2/h3-8,12,16H,9-11H2,1-2H3/b8-5+. The molecule has 0 heterocycles. The van der Waals surface area contributed by atoms with Crippen LogP contribution in [0.25, 0.3) is 6.08 Å². The highest BCUT2D eigenvalue weighted by molar-refractivity contribution is 5.86. The summed E-state index contributed by atoms with van der Waals surface area (Å²) in [5, 5.41) is 8.89. The second-order valence-corrected chi connectivity index (χ2v) is 4.35. The molecule has 1 N–H and O–H groups in total. The molecule has 0 bridgehead atoms. The van der Waals surface area contributed by atoms with E-state index in [1.54, 1.807) is 6.08 Å². The zero-order chi connectivity index (χ0) is 14.1. The summed E-state index contributed by atoms with van der Waals surface area (Å²) >= 11 is 0. The molecular weight excluding hydrogens is 244 g/mol. The van der Waals surface area contributed by atoms with Crippen LogP contribution >= 0.6 is 0 Å². The maximum absolute atomic E-state index is 10.9. The summed E-state index contributed by atoms with van der Waals surface area (Å²) in [6, 6.07) is 7.43. The van der Waals surface area contributed by atoms with Gasteiger partial charge in [0.25, 0.3) is 0 Å². The molecule has 1 aromatic rings. The lowest BCUT2D eigenvalue weighted by Gasteiger charge is -2.09. The monoisotopic (exact) mass is 264 g/mol. The van der Waals surface area contributed by atoms with Gasteiger partial charge in [0.2, 0.25) is 0 Å². The number of hydrogen-bond acceptors (Lipinski definition) is 4. The summed E-state index contributed by atoms with van der Waals surface area (Å²) in [5.41, 5.74) is 0.904. The molecule has 1 unspecified atom stereocenters. The molecule has 1 rings (SSSR count). The molecule has 0 spiro atoms. The normalized spacial score (nSPS) is 12.4. The van der Waals surface area contributed by atoms with Crippen molar-refractivity contribution in [3.05, 3.63) is 35.9 Å². The third-order valence-electron chi connectivity index (χ3n) is 2.68. The first kappa shape index (κ1) is 15.2. The molecule has 0 radical (unpaired) electrons. The highest BCUT2D eigenvalue weighted by Crippen LogP contribution is 2.14. The minimum atomic E-state index is -0.377. The summed E-state index contributed by atoms with van der Waals surface area (Å²) in [6.45, 7) is 2.74. The smallest absolute Gasteiger partial charge is 0.330 e. The lowest BCUT2D eigenvalue weighted by molar-refractivity contribution is -0.134. The molecule has 0 aromatic heterocycles. The molecule has 19 heavy (non-hydrogen) atoms. The highest BCUT2D eigenvalue weighted by Gasteiger charge is 2.00. The first-order chi connectivity index (χ1) is 9.15. The fourth-order valence-corrected chi connectivity index (χ4v) is 1.38. The van der Waals surface area contributed by atoms with Crippen LogP contribution in [-0.4, -0.2) is 31.4 Å². The Morgan fingerprint density at radius 3 is 2.63 bits per heavy atom. The van der Waals surface area contributed by atoms with Crippen LogP contribution in [0.2, 0.25) is 0 Å². The van der Waals surface area contributed by atoms with Gasteiger partial charge in [0.05, 0.1) is 13.7 Å². The van der Waals surface area contributed by atoms with E-state index in [1.807, 2.05) is 31.2 Å². The lowest BCUT2D eigenvalue weighted by atomic mass is 10.1. The topological polar surface area (TPSA) is 55.8 Å². The van der Waals surface area contributed by atoms with Crippen LogP contribution in [0.1, 0.15) is 18.9 Å². The van der Waals surface area contributed by atoms with Gasteiger partial charge >= 0.3 is 5.97 Å². The lowest BCUT2D eigenvalue weighted by Crippen LogP contribution is -2.07. The van der Waals surface area contributed by atoms with Crippen LogP contribution in [0.15, 0.2) is 30.3 Å². The Bertz CT molecular complexity index is 409. The van der Waals surface area contributed by atoms with E-state index in [2.05, 4.69) is 4.74 Å². The third kappa shape index (κ3) is 6.06. The van der Waals surface area contributed by atoms with Gasteiger partial charge in [-0.2, -0.15) is 0 Å². The summed E-state index contributed by atoms with van der Waals surface area (Å²) < 4.78 is 10.1. The Balaban J connectivity index is 2.43. The van der Waals surface area contributed by atoms with E-state index in [1.165, 1.54) is 13.2 Å². The number of aliphatic hydroxyl groups excluding tert-OH is 1. The molecule has 0 amide bonds. The number of carbonyl (C=O) groups is 1. The number of benzene rings is 1. The van der Waals surface area contributed by atoms with Crippen molar-refractivity contribution in [3.63, 3.8) is 0 Å². The number of esters is 1. The Hall–Kier alpha value is -1.81. The van der Waals surface area contributed by atoms with Crippen molar-refractivity contribution in [3.8, 4) is 5.75 Å². The number of carbonyl (C=O) groups excluding carboxylic acids is 1. The van der Waals surface area contributed by atoms with E-state index < -0.39 is 0 Å². The van der Waals surface area contributed by atoms with Gasteiger partial charge in [-0.15, -0.1) is 0 Å². The summed E-state index contributed by atoms with van der Waals surface area (Å²) in [4.78, 5) is 10.9. The van der Waals surface area contributed by atoms with Crippen molar-refractivity contribution in [2.75, 3.05) is 20.3 Å².